The maximum Gasteiger partial charge on any atom is 0.241 e. The third-order valence-electron chi connectivity index (χ3n) is 4.62. The fourth-order valence-electron chi connectivity index (χ4n) is 3.45. The first-order chi connectivity index (χ1) is 9.83. The van der Waals surface area contributed by atoms with E-state index in [1.54, 1.807) is 0 Å². The Labute approximate surface area is 121 Å². The first-order valence-electron chi connectivity index (χ1n) is 7.89. The molecule has 1 aliphatic heterocycles. The molecule has 0 radical (unpaired) electrons. The molecule has 3 heteroatoms. The van der Waals surface area contributed by atoms with E-state index in [1.165, 1.54) is 37.7 Å². The number of hydrogen-bond donors (Lipinski definition) is 1. The maximum atomic E-state index is 12.4. The van der Waals surface area contributed by atoms with E-state index in [9.17, 15) is 4.79 Å². The monoisotopic (exact) mass is 272 g/mol. The van der Waals surface area contributed by atoms with Crippen LogP contribution in [0.1, 0.15) is 37.7 Å². The maximum absolute atomic E-state index is 12.4. The molecule has 0 spiro atoms. The molecule has 3 rings (SSSR count). The topological polar surface area (TPSA) is 32.3 Å². The molecule has 2 aliphatic rings. The Morgan fingerprint density at radius 1 is 1.10 bits per heavy atom. The van der Waals surface area contributed by atoms with Crippen LogP contribution in [0.2, 0.25) is 0 Å². The van der Waals surface area contributed by atoms with Gasteiger partial charge in [0.2, 0.25) is 5.91 Å². The molecule has 1 N–H and O–H groups in total. The Morgan fingerprint density at radius 3 is 2.60 bits per heavy atom. The highest BCUT2D eigenvalue weighted by atomic mass is 16.2. The summed E-state index contributed by atoms with van der Waals surface area (Å²) in [6.07, 6.45) is 7.46. The van der Waals surface area contributed by atoms with Gasteiger partial charge in [-0.15, -0.1) is 0 Å². The zero-order valence-electron chi connectivity index (χ0n) is 12.1. The molecular formula is C17H24N2O. The number of nitrogens with zero attached hydrogens (tertiary/aromatic N) is 1. The average molecular weight is 272 g/mol. The van der Waals surface area contributed by atoms with Crippen molar-refractivity contribution < 1.29 is 4.79 Å². The Hall–Kier alpha value is -1.35. The highest BCUT2D eigenvalue weighted by Gasteiger charge is 2.32. The number of carbonyl (C=O) groups excluding carboxylic acids is 1. The highest BCUT2D eigenvalue weighted by molar-refractivity contribution is 5.84. The summed E-state index contributed by atoms with van der Waals surface area (Å²) < 4.78 is 0. The lowest BCUT2D eigenvalue weighted by Crippen LogP contribution is -2.35. The van der Waals surface area contributed by atoms with Gasteiger partial charge < -0.3 is 4.90 Å². The van der Waals surface area contributed by atoms with E-state index < -0.39 is 0 Å². The second kappa shape index (κ2) is 6.40. The van der Waals surface area contributed by atoms with Crippen molar-refractivity contribution in [2.75, 3.05) is 13.2 Å². The second-order valence-electron chi connectivity index (χ2n) is 6.17. The quantitative estimate of drug-likeness (QED) is 0.913. The van der Waals surface area contributed by atoms with Crippen molar-refractivity contribution in [3.8, 4) is 0 Å². The minimum absolute atomic E-state index is 0.0269. The van der Waals surface area contributed by atoms with Gasteiger partial charge in [0.15, 0.2) is 0 Å². The Bertz CT molecular complexity index is 440. The summed E-state index contributed by atoms with van der Waals surface area (Å²) >= 11 is 0. The lowest BCUT2D eigenvalue weighted by atomic mass is 9.89. The van der Waals surface area contributed by atoms with Crippen molar-refractivity contribution in [3.05, 3.63) is 35.9 Å². The first kappa shape index (κ1) is 13.6. The van der Waals surface area contributed by atoms with E-state index >= 15 is 0 Å². The molecule has 1 saturated heterocycles. The molecule has 1 aromatic rings. The summed E-state index contributed by atoms with van der Waals surface area (Å²) in [7, 11) is 0. The molecule has 1 atom stereocenters. The third kappa shape index (κ3) is 3.21. The number of hydrogen-bond acceptors (Lipinski definition) is 2. The Kier molecular flexibility index (Phi) is 4.36. The number of rotatable bonds is 4. The third-order valence-corrected chi connectivity index (χ3v) is 4.62. The van der Waals surface area contributed by atoms with Gasteiger partial charge in [0.05, 0.1) is 12.7 Å². The van der Waals surface area contributed by atoms with Crippen LogP contribution in [0.3, 0.4) is 0 Å². The van der Waals surface area contributed by atoms with Crippen LogP contribution in [0.4, 0.5) is 0 Å². The van der Waals surface area contributed by atoms with E-state index in [0.717, 1.165) is 25.6 Å². The van der Waals surface area contributed by atoms with Crippen molar-refractivity contribution in [1.82, 2.24) is 10.2 Å². The molecule has 1 heterocycles. The van der Waals surface area contributed by atoms with Crippen molar-refractivity contribution in [2.45, 2.75) is 44.6 Å². The van der Waals surface area contributed by atoms with Gasteiger partial charge in [0, 0.05) is 6.54 Å². The van der Waals surface area contributed by atoms with E-state index in [-0.39, 0.29) is 6.04 Å². The van der Waals surface area contributed by atoms with Gasteiger partial charge in [-0.25, -0.2) is 0 Å². The zero-order chi connectivity index (χ0) is 13.8. The van der Waals surface area contributed by atoms with Crippen molar-refractivity contribution >= 4 is 5.91 Å². The minimum Gasteiger partial charge on any atom is -0.328 e. The Balaban J connectivity index is 1.54. The lowest BCUT2D eigenvalue weighted by molar-refractivity contribution is -0.129. The normalized spacial score (nSPS) is 24.3. The van der Waals surface area contributed by atoms with Crippen LogP contribution in [0.25, 0.3) is 0 Å². The van der Waals surface area contributed by atoms with Crippen LogP contribution in [0.15, 0.2) is 30.3 Å². The van der Waals surface area contributed by atoms with Crippen LogP contribution in [-0.4, -0.2) is 30.1 Å². The van der Waals surface area contributed by atoms with Crippen molar-refractivity contribution in [3.63, 3.8) is 0 Å². The van der Waals surface area contributed by atoms with Gasteiger partial charge in [-0.3, -0.25) is 10.1 Å². The lowest BCUT2D eigenvalue weighted by Gasteiger charge is -2.26. The van der Waals surface area contributed by atoms with E-state index in [4.69, 9.17) is 0 Å². The number of nitrogens with one attached hydrogen (secondary N) is 1. The van der Waals surface area contributed by atoms with Gasteiger partial charge in [0.25, 0.3) is 0 Å². The summed E-state index contributed by atoms with van der Waals surface area (Å²) in [5, 5.41) is 3.37. The van der Waals surface area contributed by atoms with Crippen molar-refractivity contribution in [1.29, 1.82) is 0 Å². The van der Waals surface area contributed by atoms with Gasteiger partial charge in [-0.2, -0.15) is 0 Å². The molecule has 0 aromatic heterocycles. The molecule has 3 nitrogen and oxygen atoms in total. The fourth-order valence-corrected chi connectivity index (χ4v) is 3.45. The van der Waals surface area contributed by atoms with E-state index in [0.29, 0.717) is 5.91 Å². The number of carbonyl (C=O) groups is 1. The van der Waals surface area contributed by atoms with Crippen LogP contribution >= 0.6 is 0 Å². The molecule has 0 bridgehead atoms. The summed E-state index contributed by atoms with van der Waals surface area (Å²) in [5.74, 6) is 1.02. The average Bonchev–Trinajstić information content (AvgIpc) is 2.83. The molecule has 1 unspecified atom stereocenters. The second-order valence-corrected chi connectivity index (χ2v) is 6.17. The van der Waals surface area contributed by atoms with Gasteiger partial charge >= 0.3 is 0 Å². The fraction of sp³-hybridized carbons (Fsp3) is 0.588. The molecule has 108 valence electrons. The van der Waals surface area contributed by atoms with Gasteiger partial charge in [-0.1, -0.05) is 49.6 Å². The molecule has 1 aliphatic carbocycles. The predicted octanol–water partition coefficient (Wildman–Crippen LogP) is 2.57. The summed E-state index contributed by atoms with van der Waals surface area (Å²) in [6.45, 7) is 1.68. The summed E-state index contributed by atoms with van der Waals surface area (Å²) in [6, 6.07) is 10.3. The SMILES string of the molecule is O=C1C(Cc2ccccc2)NCN1CC1CCCCC1. The first-order valence-corrected chi connectivity index (χ1v) is 7.89. The largest absolute Gasteiger partial charge is 0.328 e. The van der Waals surface area contributed by atoms with E-state index in [2.05, 4.69) is 17.4 Å². The molecular weight excluding hydrogens is 248 g/mol. The molecule has 20 heavy (non-hydrogen) atoms. The van der Waals surface area contributed by atoms with Gasteiger partial charge in [-0.05, 0) is 30.7 Å². The molecule has 1 saturated carbocycles. The van der Waals surface area contributed by atoms with Gasteiger partial charge in [0.1, 0.15) is 0 Å². The van der Waals surface area contributed by atoms with Crippen LogP contribution in [-0.2, 0) is 11.2 Å². The molecule has 1 amide bonds. The standard InChI is InChI=1S/C17H24N2O/c20-17-16(11-14-7-3-1-4-8-14)18-13-19(17)12-15-9-5-2-6-10-15/h1,3-4,7-8,15-16,18H,2,5-6,9-13H2. The Morgan fingerprint density at radius 2 is 1.85 bits per heavy atom. The smallest absolute Gasteiger partial charge is 0.241 e. The van der Waals surface area contributed by atoms with Crippen LogP contribution in [0.5, 0.6) is 0 Å². The molecule has 1 aromatic carbocycles. The van der Waals surface area contributed by atoms with Crippen molar-refractivity contribution in [2.24, 2.45) is 5.92 Å². The zero-order valence-corrected chi connectivity index (χ0v) is 12.1. The highest BCUT2D eigenvalue weighted by Crippen LogP contribution is 2.25. The van der Waals surface area contributed by atoms with Crippen LogP contribution in [0, 0.1) is 5.92 Å². The minimum atomic E-state index is -0.0269. The summed E-state index contributed by atoms with van der Waals surface area (Å²) in [4.78, 5) is 14.5. The number of amides is 1. The van der Waals surface area contributed by atoms with E-state index in [1.807, 2.05) is 23.1 Å². The van der Waals surface area contributed by atoms with Crippen LogP contribution < -0.4 is 5.32 Å². The predicted molar refractivity (Wildman–Crippen MR) is 80.2 cm³/mol. The number of benzene rings is 1. The molecule has 2 fully saturated rings. The summed E-state index contributed by atoms with van der Waals surface area (Å²) in [5.41, 5.74) is 1.23.